The largest absolute Gasteiger partial charge is 0.486 e. The van der Waals surface area contributed by atoms with Crippen molar-refractivity contribution in [3.63, 3.8) is 0 Å². The van der Waals surface area contributed by atoms with Gasteiger partial charge in [-0.15, -0.1) is 11.3 Å². The third-order valence-corrected chi connectivity index (χ3v) is 3.25. The topological polar surface area (TPSA) is 48.1 Å². The summed E-state index contributed by atoms with van der Waals surface area (Å²) >= 11 is 1.69. The van der Waals surface area contributed by atoms with Crippen LogP contribution in [0, 0.1) is 6.92 Å². The lowest BCUT2D eigenvalue weighted by molar-refractivity contribution is 0.304. The number of thiophene rings is 1. The van der Waals surface area contributed by atoms with E-state index >= 15 is 0 Å². The Morgan fingerprint density at radius 2 is 2.24 bits per heavy atom. The molecule has 0 bridgehead atoms. The minimum absolute atomic E-state index is 0.589. The third-order valence-electron chi connectivity index (χ3n) is 2.40. The second-order valence-corrected chi connectivity index (χ2v) is 4.84. The molecule has 2 aromatic heterocycles. The number of pyridine rings is 1. The van der Waals surface area contributed by atoms with Crippen molar-refractivity contribution in [2.24, 2.45) is 5.73 Å². The zero-order chi connectivity index (χ0) is 12.1. The number of aryl methyl sites for hydroxylation is 1. The summed E-state index contributed by atoms with van der Waals surface area (Å²) in [6.45, 7) is 3.16. The number of nitrogens with two attached hydrogens (primary N) is 1. The number of hydrogen-bond acceptors (Lipinski definition) is 4. The van der Waals surface area contributed by atoms with Gasteiger partial charge in [0, 0.05) is 17.0 Å². The first-order valence-corrected chi connectivity index (χ1v) is 6.49. The van der Waals surface area contributed by atoms with E-state index in [9.17, 15) is 0 Å². The highest BCUT2D eigenvalue weighted by molar-refractivity contribution is 7.09. The first-order valence-electron chi connectivity index (χ1n) is 5.61. The quantitative estimate of drug-likeness (QED) is 0.884. The molecule has 0 saturated heterocycles. The van der Waals surface area contributed by atoms with Gasteiger partial charge < -0.3 is 10.5 Å². The molecular weight excluding hydrogens is 232 g/mol. The molecule has 2 aromatic rings. The molecule has 3 nitrogen and oxygen atoms in total. The molecule has 2 rings (SSSR count). The van der Waals surface area contributed by atoms with E-state index in [1.165, 1.54) is 4.88 Å². The van der Waals surface area contributed by atoms with Gasteiger partial charge in [0.15, 0.2) is 0 Å². The summed E-state index contributed by atoms with van der Waals surface area (Å²) in [6, 6.07) is 8.02. The number of rotatable bonds is 5. The van der Waals surface area contributed by atoms with Gasteiger partial charge in [0.2, 0.25) is 0 Å². The Morgan fingerprint density at radius 1 is 1.35 bits per heavy atom. The molecule has 0 atom stereocenters. The standard InChI is InChI=1S/C13H16N2OS/c1-10-4-5-13(12(15-10)6-7-14)16-9-11-3-2-8-17-11/h2-5,8H,6-7,9,14H2,1H3. The van der Waals surface area contributed by atoms with Crippen molar-refractivity contribution in [1.82, 2.24) is 4.98 Å². The maximum atomic E-state index is 5.78. The maximum Gasteiger partial charge on any atom is 0.141 e. The molecule has 0 aliphatic rings. The van der Waals surface area contributed by atoms with Gasteiger partial charge in [0.05, 0.1) is 5.69 Å². The van der Waals surface area contributed by atoms with E-state index < -0.39 is 0 Å². The summed E-state index contributed by atoms with van der Waals surface area (Å²) in [5.74, 6) is 0.842. The van der Waals surface area contributed by atoms with Crippen molar-refractivity contribution < 1.29 is 4.74 Å². The molecule has 0 saturated carbocycles. The van der Waals surface area contributed by atoms with Crippen LogP contribution in [-0.2, 0) is 13.0 Å². The van der Waals surface area contributed by atoms with Crippen LogP contribution in [0.2, 0.25) is 0 Å². The summed E-state index contributed by atoms with van der Waals surface area (Å²) in [5, 5.41) is 2.05. The Kier molecular flexibility index (Phi) is 4.12. The van der Waals surface area contributed by atoms with Crippen molar-refractivity contribution in [3.8, 4) is 5.75 Å². The highest BCUT2D eigenvalue weighted by Gasteiger charge is 2.05. The number of nitrogens with zero attached hydrogens (tertiary/aromatic N) is 1. The van der Waals surface area contributed by atoms with Crippen molar-refractivity contribution in [3.05, 3.63) is 45.9 Å². The van der Waals surface area contributed by atoms with Crippen molar-refractivity contribution in [1.29, 1.82) is 0 Å². The second kappa shape index (κ2) is 5.80. The van der Waals surface area contributed by atoms with E-state index in [1.54, 1.807) is 11.3 Å². The summed E-state index contributed by atoms with van der Waals surface area (Å²) in [7, 11) is 0. The van der Waals surface area contributed by atoms with Crippen LogP contribution in [0.15, 0.2) is 29.6 Å². The molecule has 0 aliphatic heterocycles. The molecule has 4 heteroatoms. The normalized spacial score (nSPS) is 10.5. The zero-order valence-electron chi connectivity index (χ0n) is 9.85. The van der Waals surface area contributed by atoms with Crippen LogP contribution in [0.1, 0.15) is 16.3 Å². The molecule has 90 valence electrons. The van der Waals surface area contributed by atoms with E-state index in [-0.39, 0.29) is 0 Å². The predicted molar refractivity (Wildman–Crippen MR) is 70.4 cm³/mol. The van der Waals surface area contributed by atoms with Gasteiger partial charge in [-0.1, -0.05) is 6.07 Å². The molecule has 0 amide bonds. The summed E-state index contributed by atoms with van der Waals surface area (Å²) in [4.78, 5) is 5.67. The smallest absolute Gasteiger partial charge is 0.141 e. The maximum absolute atomic E-state index is 5.78. The first-order chi connectivity index (χ1) is 8.29. The summed E-state index contributed by atoms with van der Waals surface area (Å²) in [5.41, 5.74) is 7.52. The van der Waals surface area contributed by atoms with Crippen LogP contribution in [-0.4, -0.2) is 11.5 Å². The molecular formula is C13H16N2OS. The highest BCUT2D eigenvalue weighted by Crippen LogP contribution is 2.20. The first kappa shape index (κ1) is 12.1. The monoisotopic (exact) mass is 248 g/mol. The van der Waals surface area contributed by atoms with Crippen molar-refractivity contribution in [2.45, 2.75) is 20.0 Å². The van der Waals surface area contributed by atoms with Gasteiger partial charge >= 0.3 is 0 Å². The average molecular weight is 248 g/mol. The molecule has 2 heterocycles. The van der Waals surface area contributed by atoms with E-state index in [0.29, 0.717) is 13.2 Å². The minimum atomic E-state index is 0.589. The fraction of sp³-hybridized carbons (Fsp3) is 0.308. The Hall–Kier alpha value is -1.39. The summed E-state index contributed by atoms with van der Waals surface area (Å²) in [6.07, 6.45) is 0.751. The fourth-order valence-corrected chi connectivity index (χ4v) is 2.20. The van der Waals surface area contributed by atoms with Crippen LogP contribution in [0.3, 0.4) is 0 Å². The molecule has 0 radical (unpaired) electrons. The number of aromatic nitrogens is 1. The van der Waals surface area contributed by atoms with E-state index in [0.717, 1.165) is 23.6 Å². The molecule has 0 spiro atoms. The average Bonchev–Trinajstić information content (AvgIpc) is 2.81. The second-order valence-electron chi connectivity index (χ2n) is 3.80. The molecule has 2 N–H and O–H groups in total. The Balaban J connectivity index is 2.08. The van der Waals surface area contributed by atoms with Crippen LogP contribution < -0.4 is 10.5 Å². The van der Waals surface area contributed by atoms with Crippen LogP contribution in [0.25, 0.3) is 0 Å². The minimum Gasteiger partial charge on any atom is -0.486 e. The Bertz CT molecular complexity index is 468. The summed E-state index contributed by atoms with van der Waals surface area (Å²) < 4.78 is 5.78. The van der Waals surface area contributed by atoms with Crippen LogP contribution >= 0.6 is 11.3 Å². The van der Waals surface area contributed by atoms with Gasteiger partial charge in [-0.25, -0.2) is 0 Å². The molecule has 0 aromatic carbocycles. The van der Waals surface area contributed by atoms with Gasteiger partial charge in [-0.3, -0.25) is 4.98 Å². The lowest BCUT2D eigenvalue weighted by atomic mass is 10.2. The third kappa shape index (κ3) is 3.28. The highest BCUT2D eigenvalue weighted by atomic mass is 32.1. The van der Waals surface area contributed by atoms with Gasteiger partial charge in [0.1, 0.15) is 12.4 Å². The van der Waals surface area contributed by atoms with Gasteiger partial charge in [0.25, 0.3) is 0 Å². The number of hydrogen-bond donors (Lipinski definition) is 1. The Labute approximate surface area is 105 Å². The number of ether oxygens (including phenoxy) is 1. The SMILES string of the molecule is Cc1ccc(OCc2cccs2)c(CCN)n1. The van der Waals surface area contributed by atoms with Crippen LogP contribution in [0.5, 0.6) is 5.75 Å². The Morgan fingerprint density at radius 3 is 2.94 bits per heavy atom. The van der Waals surface area contributed by atoms with Crippen molar-refractivity contribution in [2.75, 3.05) is 6.54 Å². The van der Waals surface area contributed by atoms with E-state index in [2.05, 4.69) is 11.1 Å². The predicted octanol–water partition coefficient (Wildman–Crippen LogP) is 2.53. The lowest BCUT2D eigenvalue weighted by Crippen LogP contribution is -2.07. The van der Waals surface area contributed by atoms with Gasteiger partial charge in [-0.05, 0) is 37.0 Å². The molecule has 0 unspecified atom stereocenters. The molecule has 0 aliphatic carbocycles. The molecule has 17 heavy (non-hydrogen) atoms. The zero-order valence-corrected chi connectivity index (χ0v) is 10.7. The van der Waals surface area contributed by atoms with Gasteiger partial charge in [-0.2, -0.15) is 0 Å². The van der Waals surface area contributed by atoms with Crippen LogP contribution in [0.4, 0.5) is 0 Å². The molecule has 0 fully saturated rings. The van der Waals surface area contributed by atoms with Crippen molar-refractivity contribution >= 4 is 11.3 Å². The fourth-order valence-electron chi connectivity index (χ4n) is 1.59. The van der Waals surface area contributed by atoms with E-state index in [1.807, 2.05) is 30.5 Å². The lowest BCUT2D eigenvalue weighted by Gasteiger charge is -2.10. The van der Waals surface area contributed by atoms with E-state index in [4.69, 9.17) is 10.5 Å².